The average molecular weight is 280 g/mol. The van der Waals surface area contributed by atoms with Crippen molar-refractivity contribution in [2.45, 2.75) is 76.7 Å². The van der Waals surface area contributed by atoms with Crippen LogP contribution in [-0.4, -0.2) is 48.2 Å². The van der Waals surface area contributed by atoms with Gasteiger partial charge in [-0.3, -0.25) is 4.79 Å². The van der Waals surface area contributed by atoms with Gasteiger partial charge in [0, 0.05) is 19.1 Å². The lowest BCUT2D eigenvalue weighted by Gasteiger charge is -2.43. The number of carbonyl (C=O) groups excluding carboxylic acids is 1. The smallest absolute Gasteiger partial charge is 0.239 e. The van der Waals surface area contributed by atoms with Crippen LogP contribution in [0, 0.1) is 5.92 Å². The Bertz CT molecular complexity index is 350. The first-order chi connectivity index (χ1) is 9.63. The summed E-state index contributed by atoms with van der Waals surface area (Å²) in [5.41, 5.74) is 0. The average Bonchev–Trinajstić information content (AvgIpc) is 2.45. The molecule has 3 aliphatic rings. The number of nitrogens with zero attached hydrogens (tertiary/aromatic N) is 1. The van der Waals surface area contributed by atoms with Crippen LogP contribution in [0.15, 0.2) is 0 Å². The van der Waals surface area contributed by atoms with Gasteiger partial charge in [0.2, 0.25) is 5.91 Å². The molecule has 1 saturated carbocycles. The molecule has 5 atom stereocenters. The molecule has 1 aliphatic carbocycles. The number of morpholine rings is 1. The van der Waals surface area contributed by atoms with Crippen LogP contribution < -0.4 is 5.32 Å². The minimum absolute atomic E-state index is 0.0480. The number of hydrogen-bond acceptors (Lipinski definition) is 3. The highest BCUT2D eigenvalue weighted by Crippen LogP contribution is 2.32. The van der Waals surface area contributed by atoms with E-state index in [1.165, 1.54) is 32.1 Å². The molecule has 3 fully saturated rings. The van der Waals surface area contributed by atoms with Crippen LogP contribution in [0.1, 0.15) is 52.4 Å². The summed E-state index contributed by atoms with van der Waals surface area (Å²) in [6.45, 7) is 5.60. The lowest BCUT2D eigenvalue weighted by molar-refractivity contribution is -0.146. The summed E-state index contributed by atoms with van der Waals surface area (Å²) < 4.78 is 5.73. The van der Waals surface area contributed by atoms with Crippen molar-refractivity contribution < 1.29 is 9.53 Å². The van der Waals surface area contributed by atoms with Gasteiger partial charge >= 0.3 is 0 Å². The second-order valence-electron chi connectivity index (χ2n) is 6.95. The molecule has 1 N–H and O–H groups in total. The Balaban J connectivity index is 1.59. The molecule has 2 aliphatic heterocycles. The van der Waals surface area contributed by atoms with Crippen LogP contribution in [0.3, 0.4) is 0 Å². The van der Waals surface area contributed by atoms with E-state index in [-0.39, 0.29) is 18.2 Å². The second-order valence-corrected chi connectivity index (χ2v) is 6.95. The van der Waals surface area contributed by atoms with Crippen molar-refractivity contribution in [3.63, 3.8) is 0 Å². The first kappa shape index (κ1) is 14.3. The van der Waals surface area contributed by atoms with Crippen molar-refractivity contribution in [1.82, 2.24) is 10.2 Å². The number of carbonyl (C=O) groups is 1. The molecule has 0 bridgehead atoms. The van der Waals surface area contributed by atoms with Gasteiger partial charge in [0.05, 0.1) is 18.2 Å². The van der Waals surface area contributed by atoms with Crippen molar-refractivity contribution in [2.75, 3.05) is 13.1 Å². The molecule has 0 aromatic carbocycles. The quantitative estimate of drug-likeness (QED) is 0.798. The lowest BCUT2D eigenvalue weighted by Crippen LogP contribution is -2.58. The summed E-state index contributed by atoms with van der Waals surface area (Å²) in [4.78, 5) is 14.7. The number of rotatable bonds is 1. The molecule has 0 aromatic heterocycles. The minimum Gasteiger partial charge on any atom is -0.372 e. The van der Waals surface area contributed by atoms with Crippen LogP contribution in [-0.2, 0) is 9.53 Å². The normalized spacial score (nSPS) is 42.1. The molecule has 0 spiro atoms. The third-order valence-corrected chi connectivity index (χ3v) is 5.18. The minimum atomic E-state index is 0.0480. The van der Waals surface area contributed by atoms with E-state index in [2.05, 4.69) is 19.2 Å². The SMILES string of the molecule is C[C@@H]1CN(C(=O)C2CCC3CCCCC3N2)C[C@H](C)O1. The van der Waals surface area contributed by atoms with E-state index in [1.807, 2.05) is 4.90 Å². The molecule has 3 rings (SSSR count). The van der Waals surface area contributed by atoms with Gasteiger partial charge in [-0.25, -0.2) is 0 Å². The zero-order chi connectivity index (χ0) is 14.1. The largest absolute Gasteiger partial charge is 0.372 e. The highest BCUT2D eigenvalue weighted by Gasteiger charge is 2.37. The number of fused-ring (bicyclic) bond motifs is 1. The molecular formula is C16H28N2O2. The maximum atomic E-state index is 12.7. The molecule has 1 amide bonds. The van der Waals surface area contributed by atoms with E-state index in [0.717, 1.165) is 25.4 Å². The molecule has 114 valence electrons. The Morgan fingerprint density at radius 1 is 1.05 bits per heavy atom. The van der Waals surface area contributed by atoms with Crippen LogP contribution >= 0.6 is 0 Å². The van der Waals surface area contributed by atoms with Gasteiger partial charge in [0.25, 0.3) is 0 Å². The van der Waals surface area contributed by atoms with Gasteiger partial charge in [-0.2, -0.15) is 0 Å². The molecule has 20 heavy (non-hydrogen) atoms. The van der Waals surface area contributed by atoms with Crippen LogP contribution in [0.5, 0.6) is 0 Å². The predicted octanol–water partition coefficient (Wildman–Crippen LogP) is 1.93. The molecule has 0 radical (unpaired) electrons. The van der Waals surface area contributed by atoms with Gasteiger partial charge < -0.3 is 15.0 Å². The monoisotopic (exact) mass is 280 g/mol. The highest BCUT2D eigenvalue weighted by atomic mass is 16.5. The van der Waals surface area contributed by atoms with Gasteiger partial charge in [-0.15, -0.1) is 0 Å². The van der Waals surface area contributed by atoms with E-state index in [1.54, 1.807) is 0 Å². The van der Waals surface area contributed by atoms with Gasteiger partial charge in [0.1, 0.15) is 0 Å². The summed E-state index contributed by atoms with van der Waals surface area (Å²) in [5, 5.41) is 3.65. The number of amides is 1. The summed E-state index contributed by atoms with van der Waals surface area (Å²) in [6, 6.07) is 0.634. The molecule has 2 heterocycles. The first-order valence-corrected chi connectivity index (χ1v) is 8.34. The Morgan fingerprint density at radius 3 is 2.50 bits per heavy atom. The molecule has 0 aromatic rings. The number of hydrogen-bond donors (Lipinski definition) is 1. The van der Waals surface area contributed by atoms with Crippen LogP contribution in [0.4, 0.5) is 0 Å². The zero-order valence-electron chi connectivity index (χ0n) is 12.8. The highest BCUT2D eigenvalue weighted by molar-refractivity contribution is 5.82. The van der Waals surface area contributed by atoms with E-state index in [9.17, 15) is 4.79 Å². The van der Waals surface area contributed by atoms with E-state index < -0.39 is 0 Å². The third-order valence-electron chi connectivity index (χ3n) is 5.18. The fraction of sp³-hybridized carbons (Fsp3) is 0.938. The maximum Gasteiger partial charge on any atom is 0.239 e. The topological polar surface area (TPSA) is 41.6 Å². The van der Waals surface area contributed by atoms with Crippen molar-refractivity contribution in [3.8, 4) is 0 Å². The van der Waals surface area contributed by atoms with E-state index >= 15 is 0 Å². The van der Waals surface area contributed by atoms with Gasteiger partial charge in [0.15, 0.2) is 0 Å². The predicted molar refractivity (Wildman–Crippen MR) is 78.5 cm³/mol. The van der Waals surface area contributed by atoms with Gasteiger partial charge in [-0.05, 0) is 45.4 Å². The van der Waals surface area contributed by atoms with Crippen molar-refractivity contribution >= 4 is 5.91 Å². The summed E-state index contributed by atoms with van der Waals surface area (Å²) in [5.74, 6) is 1.12. The molecule has 4 heteroatoms. The number of ether oxygens (including phenoxy) is 1. The fourth-order valence-corrected chi connectivity index (χ4v) is 4.27. The fourth-order valence-electron chi connectivity index (χ4n) is 4.27. The Labute approximate surface area is 122 Å². The molecule has 3 unspecified atom stereocenters. The zero-order valence-corrected chi connectivity index (χ0v) is 12.8. The van der Waals surface area contributed by atoms with Crippen LogP contribution in [0.2, 0.25) is 0 Å². The Kier molecular flexibility index (Phi) is 4.32. The summed E-state index contributed by atoms with van der Waals surface area (Å²) >= 11 is 0. The number of piperidine rings is 1. The summed E-state index contributed by atoms with van der Waals surface area (Å²) in [7, 11) is 0. The van der Waals surface area contributed by atoms with Crippen molar-refractivity contribution in [3.05, 3.63) is 0 Å². The van der Waals surface area contributed by atoms with E-state index in [0.29, 0.717) is 11.9 Å². The standard InChI is InChI=1S/C16H28N2O2/c1-11-9-18(10-12(2)20-11)16(19)15-8-7-13-5-3-4-6-14(13)17-15/h11-15,17H,3-10H2,1-2H3/t11-,12+,13?,14?,15?. The molecule has 2 saturated heterocycles. The number of nitrogens with one attached hydrogen (secondary N) is 1. The Hall–Kier alpha value is -0.610. The molecular weight excluding hydrogens is 252 g/mol. The lowest BCUT2D eigenvalue weighted by atomic mass is 9.77. The maximum absolute atomic E-state index is 12.7. The Morgan fingerprint density at radius 2 is 1.75 bits per heavy atom. The van der Waals surface area contributed by atoms with Crippen molar-refractivity contribution in [1.29, 1.82) is 0 Å². The first-order valence-electron chi connectivity index (χ1n) is 8.34. The van der Waals surface area contributed by atoms with Crippen molar-refractivity contribution in [2.24, 2.45) is 5.92 Å². The second kappa shape index (κ2) is 6.02. The summed E-state index contributed by atoms with van der Waals surface area (Å²) in [6.07, 6.45) is 7.86. The molecule has 4 nitrogen and oxygen atoms in total. The van der Waals surface area contributed by atoms with E-state index in [4.69, 9.17) is 4.74 Å². The van der Waals surface area contributed by atoms with Crippen LogP contribution in [0.25, 0.3) is 0 Å². The third kappa shape index (κ3) is 3.01. The van der Waals surface area contributed by atoms with Gasteiger partial charge in [-0.1, -0.05) is 12.8 Å².